The first-order chi connectivity index (χ1) is 13.0. The van der Waals surface area contributed by atoms with Crippen molar-refractivity contribution in [3.05, 3.63) is 67.8 Å². The van der Waals surface area contributed by atoms with Gasteiger partial charge in [-0.05, 0) is 58.8 Å². The third-order valence-corrected chi connectivity index (χ3v) is 5.17. The number of hydrogen-bond acceptors (Lipinski definition) is 4. The van der Waals surface area contributed by atoms with Crippen LogP contribution in [-0.2, 0) is 6.54 Å². The van der Waals surface area contributed by atoms with Crippen LogP contribution in [0.4, 0.5) is 16.2 Å². The molecule has 2 amide bonds. The van der Waals surface area contributed by atoms with Crippen LogP contribution in [0, 0.1) is 13.7 Å². The maximum atomic E-state index is 12.5. The topological polar surface area (TPSA) is 78.7 Å². The zero-order valence-corrected chi connectivity index (χ0v) is 17.0. The highest BCUT2D eigenvalue weighted by molar-refractivity contribution is 14.1. The van der Waals surface area contributed by atoms with E-state index < -0.39 is 4.92 Å². The van der Waals surface area contributed by atoms with Crippen LogP contribution in [0.15, 0.2) is 48.5 Å². The standard InChI is InChI=1S/C19H21IN4O3/c20-16-4-1-3-15(13-16)14-22-9-2-10-23(12-11-22)19(25)21-17-5-7-18(8-6-17)24(26)27/h1,3-8,13H,2,9-12,14H2,(H,21,25). The zero-order chi connectivity index (χ0) is 19.2. The molecule has 0 radical (unpaired) electrons. The summed E-state index contributed by atoms with van der Waals surface area (Å²) in [6, 6.07) is 14.2. The molecule has 0 aromatic heterocycles. The Morgan fingerprint density at radius 1 is 1.11 bits per heavy atom. The average Bonchev–Trinajstić information content (AvgIpc) is 2.88. The first kappa shape index (κ1) is 19.6. The van der Waals surface area contributed by atoms with Crippen LogP contribution in [0.2, 0.25) is 0 Å². The van der Waals surface area contributed by atoms with Gasteiger partial charge in [-0.25, -0.2) is 4.79 Å². The third-order valence-electron chi connectivity index (χ3n) is 4.50. The molecule has 0 atom stereocenters. The van der Waals surface area contributed by atoms with Gasteiger partial charge in [-0.3, -0.25) is 15.0 Å². The monoisotopic (exact) mass is 480 g/mol. The van der Waals surface area contributed by atoms with Gasteiger partial charge in [0.1, 0.15) is 0 Å². The Balaban J connectivity index is 1.53. The Bertz CT molecular complexity index is 813. The second kappa shape index (κ2) is 9.14. The zero-order valence-electron chi connectivity index (χ0n) is 14.8. The summed E-state index contributed by atoms with van der Waals surface area (Å²) in [5.74, 6) is 0. The molecule has 1 aliphatic heterocycles. The van der Waals surface area contributed by atoms with Crippen molar-refractivity contribution in [1.29, 1.82) is 0 Å². The van der Waals surface area contributed by atoms with Gasteiger partial charge in [-0.1, -0.05) is 12.1 Å². The number of amides is 2. The summed E-state index contributed by atoms with van der Waals surface area (Å²) in [5.41, 5.74) is 1.85. The van der Waals surface area contributed by atoms with Crippen molar-refractivity contribution in [2.45, 2.75) is 13.0 Å². The molecular formula is C19H21IN4O3. The van der Waals surface area contributed by atoms with Gasteiger partial charge in [0.2, 0.25) is 0 Å². The number of halogens is 1. The number of non-ortho nitro benzene ring substituents is 1. The van der Waals surface area contributed by atoms with Crippen LogP contribution in [-0.4, -0.2) is 46.9 Å². The number of nitro benzene ring substituents is 1. The van der Waals surface area contributed by atoms with E-state index in [4.69, 9.17) is 0 Å². The lowest BCUT2D eigenvalue weighted by Crippen LogP contribution is -2.38. The van der Waals surface area contributed by atoms with E-state index in [-0.39, 0.29) is 11.7 Å². The highest BCUT2D eigenvalue weighted by Crippen LogP contribution is 2.17. The van der Waals surface area contributed by atoms with Crippen molar-refractivity contribution in [2.75, 3.05) is 31.5 Å². The highest BCUT2D eigenvalue weighted by atomic mass is 127. The first-order valence-electron chi connectivity index (χ1n) is 8.78. The Morgan fingerprint density at radius 3 is 2.59 bits per heavy atom. The number of urea groups is 1. The molecule has 27 heavy (non-hydrogen) atoms. The summed E-state index contributed by atoms with van der Waals surface area (Å²) in [7, 11) is 0. The van der Waals surface area contributed by atoms with Gasteiger partial charge >= 0.3 is 6.03 Å². The number of anilines is 1. The number of nitrogens with zero attached hydrogens (tertiary/aromatic N) is 3. The molecule has 0 bridgehead atoms. The minimum atomic E-state index is -0.456. The minimum Gasteiger partial charge on any atom is -0.323 e. The van der Waals surface area contributed by atoms with Gasteiger partial charge in [0.05, 0.1) is 4.92 Å². The molecule has 0 aliphatic carbocycles. The predicted octanol–water partition coefficient (Wildman–Crippen LogP) is 3.94. The van der Waals surface area contributed by atoms with Crippen molar-refractivity contribution in [3.63, 3.8) is 0 Å². The molecule has 1 fully saturated rings. The summed E-state index contributed by atoms with van der Waals surface area (Å²) in [5, 5.41) is 13.5. The average molecular weight is 480 g/mol. The molecule has 7 nitrogen and oxygen atoms in total. The number of benzene rings is 2. The van der Waals surface area contributed by atoms with Crippen molar-refractivity contribution >= 4 is 40.0 Å². The molecule has 1 saturated heterocycles. The molecule has 2 aromatic carbocycles. The molecule has 2 aromatic rings. The normalized spacial score (nSPS) is 15.2. The quantitative estimate of drug-likeness (QED) is 0.409. The molecule has 1 N–H and O–H groups in total. The second-order valence-electron chi connectivity index (χ2n) is 6.48. The van der Waals surface area contributed by atoms with Gasteiger partial charge in [-0.15, -0.1) is 0 Å². The number of hydrogen-bond donors (Lipinski definition) is 1. The first-order valence-corrected chi connectivity index (χ1v) is 9.86. The lowest BCUT2D eigenvalue weighted by Gasteiger charge is -2.22. The van der Waals surface area contributed by atoms with Gasteiger partial charge in [-0.2, -0.15) is 0 Å². The van der Waals surface area contributed by atoms with Crippen LogP contribution < -0.4 is 5.32 Å². The van der Waals surface area contributed by atoms with Crippen molar-refractivity contribution in [2.24, 2.45) is 0 Å². The Kier molecular flexibility index (Phi) is 6.62. The van der Waals surface area contributed by atoms with Crippen LogP contribution >= 0.6 is 22.6 Å². The van der Waals surface area contributed by atoms with E-state index in [0.29, 0.717) is 18.8 Å². The smallest absolute Gasteiger partial charge is 0.321 e. The summed E-state index contributed by atoms with van der Waals surface area (Å²) >= 11 is 2.32. The number of rotatable bonds is 4. The predicted molar refractivity (Wildman–Crippen MR) is 113 cm³/mol. The lowest BCUT2D eigenvalue weighted by atomic mass is 10.2. The maximum absolute atomic E-state index is 12.5. The van der Waals surface area contributed by atoms with E-state index in [0.717, 1.165) is 26.1 Å². The van der Waals surface area contributed by atoms with E-state index in [9.17, 15) is 14.9 Å². The molecule has 1 heterocycles. The van der Waals surface area contributed by atoms with Crippen LogP contribution in [0.5, 0.6) is 0 Å². The fraction of sp³-hybridized carbons (Fsp3) is 0.316. The Morgan fingerprint density at radius 2 is 1.89 bits per heavy atom. The molecule has 0 spiro atoms. The minimum absolute atomic E-state index is 0.00832. The van der Waals surface area contributed by atoms with Crippen molar-refractivity contribution in [3.8, 4) is 0 Å². The van der Waals surface area contributed by atoms with E-state index in [1.807, 2.05) is 0 Å². The summed E-state index contributed by atoms with van der Waals surface area (Å²) in [4.78, 5) is 26.9. The van der Waals surface area contributed by atoms with Gasteiger partial charge in [0.15, 0.2) is 0 Å². The highest BCUT2D eigenvalue weighted by Gasteiger charge is 2.19. The van der Waals surface area contributed by atoms with E-state index >= 15 is 0 Å². The van der Waals surface area contributed by atoms with Crippen molar-refractivity contribution in [1.82, 2.24) is 9.80 Å². The summed E-state index contributed by atoms with van der Waals surface area (Å²) in [6.45, 7) is 4.00. The molecule has 0 unspecified atom stereocenters. The molecule has 1 aliphatic rings. The largest absolute Gasteiger partial charge is 0.323 e. The number of carbonyl (C=O) groups is 1. The van der Waals surface area contributed by atoms with Crippen LogP contribution in [0.1, 0.15) is 12.0 Å². The van der Waals surface area contributed by atoms with E-state index in [1.165, 1.54) is 21.3 Å². The van der Waals surface area contributed by atoms with E-state index in [1.54, 1.807) is 17.0 Å². The Hall–Kier alpha value is -2.20. The van der Waals surface area contributed by atoms with E-state index in [2.05, 4.69) is 57.1 Å². The summed E-state index contributed by atoms with van der Waals surface area (Å²) < 4.78 is 1.23. The van der Waals surface area contributed by atoms with Gasteiger partial charge in [0.25, 0.3) is 5.69 Å². The van der Waals surface area contributed by atoms with Crippen molar-refractivity contribution < 1.29 is 9.72 Å². The number of carbonyl (C=O) groups excluding carboxylic acids is 1. The van der Waals surface area contributed by atoms with Crippen LogP contribution in [0.3, 0.4) is 0 Å². The third kappa shape index (κ3) is 5.64. The summed E-state index contributed by atoms with van der Waals surface area (Å²) in [6.07, 6.45) is 0.914. The Labute approximate surface area is 171 Å². The molecule has 8 heteroatoms. The van der Waals surface area contributed by atoms with Crippen LogP contribution in [0.25, 0.3) is 0 Å². The molecule has 3 rings (SSSR count). The fourth-order valence-corrected chi connectivity index (χ4v) is 3.70. The lowest BCUT2D eigenvalue weighted by molar-refractivity contribution is -0.384. The second-order valence-corrected chi connectivity index (χ2v) is 7.73. The fourth-order valence-electron chi connectivity index (χ4n) is 3.09. The molecule has 142 valence electrons. The van der Waals surface area contributed by atoms with Gasteiger partial charge < -0.3 is 10.2 Å². The number of nitro groups is 1. The SMILES string of the molecule is O=C(Nc1ccc([N+](=O)[O-])cc1)N1CCCN(Cc2cccc(I)c2)CC1. The maximum Gasteiger partial charge on any atom is 0.321 e. The molecular weight excluding hydrogens is 459 g/mol. The molecule has 0 saturated carbocycles. The van der Waals surface area contributed by atoms with Gasteiger partial charge in [0, 0.05) is 54.1 Å². The number of nitrogens with one attached hydrogen (secondary N) is 1.